The summed E-state index contributed by atoms with van der Waals surface area (Å²) in [4.78, 5) is 27.2. The van der Waals surface area contributed by atoms with Crippen LogP contribution in [0.4, 0.5) is 0 Å². The maximum atomic E-state index is 13.0. The molecule has 0 radical (unpaired) electrons. The van der Waals surface area contributed by atoms with Crippen LogP contribution in [-0.2, 0) is 16.1 Å². The van der Waals surface area contributed by atoms with Crippen LogP contribution in [-0.4, -0.2) is 43.0 Å². The predicted molar refractivity (Wildman–Crippen MR) is 123 cm³/mol. The van der Waals surface area contributed by atoms with Gasteiger partial charge in [0.15, 0.2) is 6.61 Å². The molecule has 7 heteroatoms. The van der Waals surface area contributed by atoms with Crippen LogP contribution in [0.2, 0.25) is 5.02 Å². The Morgan fingerprint density at radius 1 is 1.13 bits per heavy atom. The van der Waals surface area contributed by atoms with E-state index in [1.807, 2.05) is 31.2 Å². The molecule has 0 heterocycles. The van der Waals surface area contributed by atoms with E-state index >= 15 is 0 Å². The first-order chi connectivity index (χ1) is 14.8. The fourth-order valence-electron chi connectivity index (χ4n) is 2.98. The SMILES string of the molecule is CCCCNC(=O)C(C)N(Cc1ccc(OC)cc1)C(=O)COc1ccc(Cl)c(C)c1. The van der Waals surface area contributed by atoms with E-state index in [1.54, 1.807) is 32.2 Å². The van der Waals surface area contributed by atoms with Crippen molar-refractivity contribution in [3.8, 4) is 11.5 Å². The maximum Gasteiger partial charge on any atom is 0.261 e. The zero-order valence-electron chi connectivity index (χ0n) is 18.6. The van der Waals surface area contributed by atoms with E-state index in [2.05, 4.69) is 12.2 Å². The summed E-state index contributed by atoms with van der Waals surface area (Å²) in [5.74, 6) is 0.826. The first-order valence-corrected chi connectivity index (χ1v) is 10.8. The number of aryl methyl sites for hydroxylation is 1. The Hall–Kier alpha value is -2.73. The Morgan fingerprint density at radius 3 is 2.42 bits per heavy atom. The van der Waals surface area contributed by atoms with Crippen molar-refractivity contribution in [2.24, 2.45) is 0 Å². The summed E-state index contributed by atoms with van der Waals surface area (Å²) >= 11 is 6.05. The molecule has 0 aliphatic carbocycles. The van der Waals surface area contributed by atoms with E-state index in [-0.39, 0.29) is 25.0 Å². The molecule has 0 saturated carbocycles. The van der Waals surface area contributed by atoms with Crippen molar-refractivity contribution >= 4 is 23.4 Å². The number of hydrogen-bond donors (Lipinski definition) is 1. The molecule has 168 valence electrons. The number of carbonyl (C=O) groups excluding carboxylic acids is 2. The molecule has 2 amide bonds. The lowest BCUT2D eigenvalue weighted by atomic mass is 10.1. The molecule has 1 unspecified atom stereocenters. The minimum absolute atomic E-state index is 0.177. The summed E-state index contributed by atoms with van der Waals surface area (Å²) in [6.07, 6.45) is 1.88. The first kappa shape index (κ1) is 24.5. The third-order valence-electron chi connectivity index (χ3n) is 5.00. The number of rotatable bonds is 11. The molecule has 6 nitrogen and oxygen atoms in total. The summed E-state index contributed by atoms with van der Waals surface area (Å²) in [6.45, 7) is 6.36. The standard InChI is InChI=1S/C24H31ClN2O4/c1-5-6-13-26-24(29)18(3)27(15-19-7-9-20(30-4)10-8-19)23(28)16-31-21-11-12-22(25)17(2)14-21/h7-12,14,18H,5-6,13,15-16H2,1-4H3,(H,26,29). The smallest absolute Gasteiger partial charge is 0.261 e. The fraction of sp³-hybridized carbons (Fsp3) is 0.417. The molecule has 0 aliphatic rings. The van der Waals surface area contributed by atoms with Gasteiger partial charge in [0.05, 0.1) is 7.11 Å². The summed E-state index contributed by atoms with van der Waals surface area (Å²) < 4.78 is 10.9. The number of benzene rings is 2. The van der Waals surface area contributed by atoms with E-state index in [9.17, 15) is 9.59 Å². The monoisotopic (exact) mass is 446 g/mol. The fourth-order valence-corrected chi connectivity index (χ4v) is 3.10. The van der Waals surface area contributed by atoms with Gasteiger partial charge < -0.3 is 19.7 Å². The molecule has 2 aromatic carbocycles. The minimum atomic E-state index is -0.637. The molecule has 2 aromatic rings. The maximum absolute atomic E-state index is 13.0. The minimum Gasteiger partial charge on any atom is -0.497 e. The Balaban J connectivity index is 2.12. The van der Waals surface area contributed by atoms with Crippen LogP contribution in [0.25, 0.3) is 0 Å². The summed E-state index contributed by atoms with van der Waals surface area (Å²) in [5.41, 5.74) is 1.76. The molecular weight excluding hydrogens is 416 g/mol. The topological polar surface area (TPSA) is 67.9 Å². The van der Waals surface area contributed by atoms with Gasteiger partial charge in [-0.3, -0.25) is 9.59 Å². The van der Waals surface area contributed by atoms with Crippen LogP contribution >= 0.6 is 11.6 Å². The lowest BCUT2D eigenvalue weighted by Gasteiger charge is -2.29. The highest BCUT2D eigenvalue weighted by Gasteiger charge is 2.26. The number of carbonyl (C=O) groups is 2. The quantitative estimate of drug-likeness (QED) is 0.520. The van der Waals surface area contributed by atoms with Crippen LogP contribution in [0.3, 0.4) is 0 Å². The number of methoxy groups -OCH3 is 1. The second-order valence-electron chi connectivity index (χ2n) is 7.39. The second kappa shape index (κ2) is 12.2. The van der Waals surface area contributed by atoms with Crippen LogP contribution in [0.1, 0.15) is 37.8 Å². The van der Waals surface area contributed by atoms with Gasteiger partial charge in [0.25, 0.3) is 5.91 Å². The van der Waals surface area contributed by atoms with E-state index in [1.165, 1.54) is 4.90 Å². The Kier molecular flexibility index (Phi) is 9.66. The normalized spacial score (nSPS) is 11.5. The van der Waals surface area contributed by atoms with Crippen LogP contribution in [0.5, 0.6) is 11.5 Å². The van der Waals surface area contributed by atoms with Crippen molar-refractivity contribution in [1.29, 1.82) is 0 Å². The number of halogens is 1. The Labute approximate surface area is 189 Å². The second-order valence-corrected chi connectivity index (χ2v) is 7.80. The summed E-state index contributed by atoms with van der Waals surface area (Å²) in [5, 5.41) is 3.54. The number of hydrogen-bond acceptors (Lipinski definition) is 4. The number of nitrogens with one attached hydrogen (secondary N) is 1. The van der Waals surface area contributed by atoms with Crippen molar-refractivity contribution in [3.63, 3.8) is 0 Å². The van der Waals surface area contributed by atoms with Crippen LogP contribution < -0.4 is 14.8 Å². The average Bonchev–Trinajstić information content (AvgIpc) is 2.78. The Morgan fingerprint density at radius 2 is 1.81 bits per heavy atom. The van der Waals surface area contributed by atoms with Gasteiger partial charge in [0.1, 0.15) is 17.5 Å². The van der Waals surface area contributed by atoms with Gasteiger partial charge in [-0.15, -0.1) is 0 Å². The van der Waals surface area contributed by atoms with Gasteiger partial charge in [0, 0.05) is 18.1 Å². The highest BCUT2D eigenvalue weighted by molar-refractivity contribution is 6.31. The number of nitrogens with zero attached hydrogens (tertiary/aromatic N) is 1. The van der Waals surface area contributed by atoms with Gasteiger partial charge in [-0.2, -0.15) is 0 Å². The first-order valence-electron chi connectivity index (χ1n) is 10.4. The molecule has 0 fully saturated rings. The lowest BCUT2D eigenvalue weighted by Crippen LogP contribution is -2.49. The average molecular weight is 447 g/mol. The van der Waals surface area contributed by atoms with E-state index in [0.717, 1.165) is 29.7 Å². The lowest BCUT2D eigenvalue weighted by molar-refractivity contribution is -0.142. The van der Waals surface area contributed by atoms with Crippen LogP contribution in [0.15, 0.2) is 42.5 Å². The molecule has 1 N–H and O–H groups in total. The third kappa shape index (κ3) is 7.47. The Bertz CT molecular complexity index is 870. The van der Waals surface area contributed by atoms with Crippen molar-refractivity contribution in [1.82, 2.24) is 10.2 Å². The summed E-state index contributed by atoms with van der Waals surface area (Å²) in [6, 6.07) is 12.0. The van der Waals surface area contributed by atoms with Gasteiger partial charge in [-0.25, -0.2) is 0 Å². The largest absolute Gasteiger partial charge is 0.497 e. The van der Waals surface area contributed by atoms with Gasteiger partial charge in [0.2, 0.25) is 5.91 Å². The molecule has 0 bridgehead atoms. The molecule has 0 saturated heterocycles. The molecular formula is C24H31ClN2O4. The molecule has 2 rings (SSSR count). The molecule has 0 aromatic heterocycles. The molecule has 1 atom stereocenters. The summed E-state index contributed by atoms with van der Waals surface area (Å²) in [7, 11) is 1.60. The highest BCUT2D eigenvalue weighted by atomic mass is 35.5. The highest BCUT2D eigenvalue weighted by Crippen LogP contribution is 2.21. The third-order valence-corrected chi connectivity index (χ3v) is 5.42. The van der Waals surface area contributed by atoms with Crippen molar-refractivity contribution < 1.29 is 19.1 Å². The number of unbranched alkanes of at least 4 members (excludes halogenated alkanes) is 1. The zero-order valence-corrected chi connectivity index (χ0v) is 19.4. The molecule has 31 heavy (non-hydrogen) atoms. The van der Waals surface area contributed by atoms with E-state index in [4.69, 9.17) is 21.1 Å². The van der Waals surface area contributed by atoms with E-state index < -0.39 is 6.04 Å². The van der Waals surface area contributed by atoms with E-state index in [0.29, 0.717) is 17.3 Å². The zero-order chi connectivity index (χ0) is 22.8. The predicted octanol–water partition coefficient (Wildman–Crippen LogP) is 4.37. The molecule has 0 spiro atoms. The van der Waals surface area contributed by atoms with Crippen molar-refractivity contribution in [2.75, 3.05) is 20.3 Å². The van der Waals surface area contributed by atoms with Gasteiger partial charge in [-0.05, 0) is 61.7 Å². The van der Waals surface area contributed by atoms with Gasteiger partial charge >= 0.3 is 0 Å². The number of amides is 2. The van der Waals surface area contributed by atoms with Crippen molar-refractivity contribution in [2.45, 2.75) is 46.2 Å². The van der Waals surface area contributed by atoms with Crippen LogP contribution in [0, 0.1) is 6.92 Å². The van der Waals surface area contributed by atoms with Gasteiger partial charge in [-0.1, -0.05) is 37.1 Å². The number of ether oxygens (including phenoxy) is 2. The van der Waals surface area contributed by atoms with Crippen molar-refractivity contribution in [3.05, 3.63) is 58.6 Å². The molecule has 0 aliphatic heterocycles.